The van der Waals surface area contributed by atoms with E-state index in [2.05, 4.69) is 53.7 Å². The summed E-state index contributed by atoms with van der Waals surface area (Å²) in [4.78, 5) is 0. The zero-order valence-corrected chi connectivity index (χ0v) is 13.5. The van der Waals surface area contributed by atoms with Crippen LogP contribution < -0.4 is 10.5 Å². The molecule has 2 heteroatoms. The zero-order chi connectivity index (χ0) is 14.8. The zero-order valence-electron chi connectivity index (χ0n) is 13.5. The molecule has 0 aliphatic rings. The highest BCUT2D eigenvalue weighted by molar-refractivity contribution is 5.45. The Balaban J connectivity index is 3.18. The van der Waals surface area contributed by atoms with Crippen molar-refractivity contribution in [3.05, 3.63) is 28.8 Å². The second-order valence-corrected chi connectivity index (χ2v) is 6.98. The molecule has 0 radical (unpaired) electrons. The summed E-state index contributed by atoms with van der Waals surface area (Å²) >= 11 is 0. The molecule has 0 spiro atoms. The van der Waals surface area contributed by atoms with Gasteiger partial charge >= 0.3 is 0 Å². The number of aryl methyl sites for hydroxylation is 1. The smallest absolute Gasteiger partial charge is 0.122 e. The third-order valence-corrected chi connectivity index (χ3v) is 3.47. The predicted octanol–water partition coefficient (Wildman–Crippen LogP) is 4.56. The Bertz CT molecular complexity index is 430. The number of methoxy groups -OCH3 is 1. The maximum Gasteiger partial charge on any atom is 0.122 e. The number of nitrogens with two attached hydrogens (primary N) is 1. The van der Waals surface area contributed by atoms with Crippen LogP contribution in [0.2, 0.25) is 0 Å². The van der Waals surface area contributed by atoms with E-state index in [4.69, 9.17) is 10.5 Å². The molecule has 2 N–H and O–H groups in total. The average Bonchev–Trinajstić information content (AvgIpc) is 2.25. The van der Waals surface area contributed by atoms with Gasteiger partial charge in [-0.05, 0) is 47.4 Å². The number of ether oxygens (including phenoxy) is 1. The lowest BCUT2D eigenvalue weighted by atomic mass is 9.83. The highest BCUT2D eigenvalue weighted by Gasteiger charge is 2.20. The quantitative estimate of drug-likeness (QED) is 0.864. The normalized spacial score (nSPS) is 13.7. The van der Waals surface area contributed by atoms with Crippen LogP contribution in [0.25, 0.3) is 0 Å². The fraction of sp³-hybridized carbons (Fsp3) is 0.647. The van der Waals surface area contributed by atoms with Crippen molar-refractivity contribution in [3.63, 3.8) is 0 Å². The number of rotatable bonds is 4. The first-order chi connectivity index (χ1) is 8.65. The summed E-state index contributed by atoms with van der Waals surface area (Å²) < 4.78 is 5.48. The van der Waals surface area contributed by atoms with E-state index in [1.165, 1.54) is 16.7 Å². The van der Waals surface area contributed by atoms with E-state index in [1.807, 2.05) is 0 Å². The molecule has 108 valence electrons. The van der Waals surface area contributed by atoms with E-state index in [-0.39, 0.29) is 11.5 Å². The number of benzene rings is 1. The topological polar surface area (TPSA) is 35.2 Å². The SMILES string of the molecule is COc1cc(C)c(C(N)CC(C)(C)C)cc1C(C)C. The van der Waals surface area contributed by atoms with Crippen molar-refractivity contribution < 1.29 is 4.74 Å². The molecule has 0 heterocycles. The molecule has 0 amide bonds. The van der Waals surface area contributed by atoms with Crippen LogP contribution in [0.5, 0.6) is 5.75 Å². The lowest BCUT2D eigenvalue weighted by Crippen LogP contribution is -2.20. The maximum atomic E-state index is 6.40. The summed E-state index contributed by atoms with van der Waals surface area (Å²) in [6, 6.07) is 4.44. The minimum Gasteiger partial charge on any atom is -0.496 e. The first kappa shape index (κ1) is 16.0. The number of hydrogen-bond donors (Lipinski definition) is 1. The minimum absolute atomic E-state index is 0.0865. The summed E-state index contributed by atoms with van der Waals surface area (Å²) in [7, 11) is 1.73. The van der Waals surface area contributed by atoms with Crippen molar-refractivity contribution >= 4 is 0 Å². The largest absolute Gasteiger partial charge is 0.496 e. The van der Waals surface area contributed by atoms with Gasteiger partial charge in [-0.1, -0.05) is 40.7 Å². The third-order valence-electron chi connectivity index (χ3n) is 3.47. The van der Waals surface area contributed by atoms with Crippen LogP contribution in [0.4, 0.5) is 0 Å². The molecule has 0 aromatic heterocycles. The van der Waals surface area contributed by atoms with Gasteiger partial charge in [-0.25, -0.2) is 0 Å². The van der Waals surface area contributed by atoms with Crippen molar-refractivity contribution in [2.24, 2.45) is 11.1 Å². The third kappa shape index (κ3) is 4.24. The van der Waals surface area contributed by atoms with Crippen molar-refractivity contribution in [2.45, 2.75) is 59.9 Å². The van der Waals surface area contributed by atoms with Crippen LogP contribution >= 0.6 is 0 Å². The van der Waals surface area contributed by atoms with Crippen LogP contribution in [0.3, 0.4) is 0 Å². The monoisotopic (exact) mass is 263 g/mol. The summed E-state index contributed by atoms with van der Waals surface area (Å²) in [5, 5.41) is 0. The molecule has 0 saturated carbocycles. The van der Waals surface area contributed by atoms with E-state index in [0.29, 0.717) is 5.92 Å². The molecule has 0 aliphatic heterocycles. The van der Waals surface area contributed by atoms with Crippen molar-refractivity contribution in [3.8, 4) is 5.75 Å². The van der Waals surface area contributed by atoms with Crippen molar-refractivity contribution in [2.75, 3.05) is 7.11 Å². The molecule has 1 atom stereocenters. The van der Waals surface area contributed by atoms with Gasteiger partial charge in [-0.3, -0.25) is 0 Å². The molecule has 2 nitrogen and oxygen atoms in total. The summed E-state index contributed by atoms with van der Waals surface area (Å²) in [5.41, 5.74) is 10.4. The molecule has 1 unspecified atom stereocenters. The Hall–Kier alpha value is -1.02. The Morgan fingerprint density at radius 3 is 2.16 bits per heavy atom. The van der Waals surface area contributed by atoms with E-state index < -0.39 is 0 Å². The highest BCUT2D eigenvalue weighted by Crippen LogP contribution is 2.35. The molecule has 1 aromatic rings. The average molecular weight is 263 g/mol. The first-order valence-electron chi connectivity index (χ1n) is 7.09. The van der Waals surface area contributed by atoms with Gasteiger partial charge in [-0.2, -0.15) is 0 Å². The van der Waals surface area contributed by atoms with E-state index in [9.17, 15) is 0 Å². The Morgan fingerprint density at radius 1 is 1.16 bits per heavy atom. The molecule has 19 heavy (non-hydrogen) atoms. The van der Waals surface area contributed by atoms with Gasteiger partial charge in [0.25, 0.3) is 0 Å². The lowest BCUT2D eigenvalue weighted by molar-refractivity contribution is 0.342. The van der Waals surface area contributed by atoms with Gasteiger partial charge in [0, 0.05) is 6.04 Å². The van der Waals surface area contributed by atoms with Gasteiger partial charge < -0.3 is 10.5 Å². The van der Waals surface area contributed by atoms with Crippen molar-refractivity contribution in [1.29, 1.82) is 0 Å². The molecule has 1 aromatic carbocycles. The summed E-state index contributed by atoms with van der Waals surface area (Å²) in [6.45, 7) is 13.2. The number of hydrogen-bond acceptors (Lipinski definition) is 2. The van der Waals surface area contributed by atoms with Gasteiger partial charge in [0.1, 0.15) is 5.75 Å². The van der Waals surface area contributed by atoms with Crippen LogP contribution in [-0.4, -0.2) is 7.11 Å². The minimum atomic E-state index is 0.0865. The van der Waals surface area contributed by atoms with Crippen LogP contribution in [0.15, 0.2) is 12.1 Å². The van der Waals surface area contributed by atoms with Gasteiger partial charge in [0.15, 0.2) is 0 Å². The summed E-state index contributed by atoms with van der Waals surface area (Å²) in [5.74, 6) is 1.41. The van der Waals surface area contributed by atoms with Gasteiger partial charge in [-0.15, -0.1) is 0 Å². The fourth-order valence-corrected chi connectivity index (χ4v) is 2.51. The van der Waals surface area contributed by atoms with Crippen LogP contribution in [-0.2, 0) is 0 Å². The summed E-state index contributed by atoms with van der Waals surface area (Å²) in [6.07, 6.45) is 0.984. The van der Waals surface area contributed by atoms with Crippen LogP contribution in [0.1, 0.15) is 69.7 Å². The molecule has 0 saturated heterocycles. The first-order valence-corrected chi connectivity index (χ1v) is 7.09. The lowest BCUT2D eigenvalue weighted by Gasteiger charge is -2.26. The molecular weight excluding hydrogens is 234 g/mol. The Kier molecular flexibility index (Phi) is 5.03. The molecular formula is C17H29NO. The molecule has 0 fully saturated rings. The van der Waals surface area contributed by atoms with Crippen LogP contribution in [0, 0.1) is 12.3 Å². The highest BCUT2D eigenvalue weighted by atomic mass is 16.5. The molecule has 0 bridgehead atoms. The Morgan fingerprint density at radius 2 is 1.74 bits per heavy atom. The van der Waals surface area contributed by atoms with E-state index >= 15 is 0 Å². The maximum absolute atomic E-state index is 6.40. The van der Waals surface area contributed by atoms with Gasteiger partial charge in [0.2, 0.25) is 0 Å². The molecule has 0 aliphatic carbocycles. The second-order valence-electron chi connectivity index (χ2n) is 6.98. The fourth-order valence-electron chi connectivity index (χ4n) is 2.51. The Labute approximate surface area is 118 Å². The van der Waals surface area contributed by atoms with E-state index in [1.54, 1.807) is 7.11 Å². The second kappa shape index (κ2) is 5.96. The standard InChI is InChI=1S/C17H29NO/c1-11(2)13-9-14(12(3)8-16(13)19-7)15(18)10-17(4,5)6/h8-9,11,15H,10,18H2,1-7H3. The van der Waals surface area contributed by atoms with Gasteiger partial charge in [0.05, 0.1) is 7.11 Å². The molecule has 1 rings (SSSR count). The van der Waals surface area contributed by atoms with E-state index in [0.717, 1.165) is 12.2 Å². The van der Waals surface area contributed by atoms with Crippen molar-refractivity contribution in [1.82, 2.24) is 0 Å². The predicted molar refractivity (Wildman–Crippen MR) is 82.8 cm³/mol.